The predicted octanol–water partition coefficient (Wildman–Crippen LogP) is 3.49. The van der Waals surface area contributed by atoms with Crippen molar-refractivity contribution in [3.63, 3.8) is 0 Å². The van der Waals surface area contributed by atoms with Crippen LogP contribution in [0.5, 0.6) is 0 Å². The minimum Gasteiger partial charge on any atom is -0.416 e. The van der Waals surface area contributed by atoms with Crippen molar-refractivity contribution in [3.8, 4) is 0 Å². The molecule has 0 saturated carbocycles. The van der Waals surface area contributed by atoms with Gasteiger partial charge in [0.1, 0.15) is 6.29 Å². The van der Waals surface area contributed by atoms with Crippen LogP contribution in [0.3, 0.4) is 0 Å². The Labute approximate surface area is 113 Å². The number of aldehydes is 1. The van der Waals surface area contributed by atoms with E-state index in [0.29, 0.717) is 6.61 Å². The van der Waals surface area contributed by atoms with Crippen LogP contribution >= 0.6 is 0 Å². The standard InChI is InChI=1S/C14H30O3Si/c1-11(9-15)13(16-6)12(2)10-17-18(7,8)14(3,4)5/h9,11-13H,10H2,1-8H3/t11-,12+,13+/m0/s1. The molecule has 0 aliphatic heterocycles. The Hall–Kier alpha value is -0.193. The number of methoxy groups -OCH3 is 1. The van der Waals surface area contributed by atoms with E-state index < -0.39 is 8.32 Å². The van der Waals surface area contributed by atoms with Crippen molar-refractivity contribution in [1.29, 1.82) is 0 Å². The molecule has 0 spiro atoms. The van der Waals surface area contributed by atoms with Gasteiger partial charge in [-0.25, -0.2) is 0 Å². The highest BCUT2D eigenvalue weighted by molar-refractivity contribution is 6.74. The number of carbonyl (C=O) groups is 1. The first kappa shape index (κ1) is 17.8. The van der Waals surface area contributed by atoms with Gasteiger partial charge in [0.2, 0.25) is 0 Å². The van der Waals surface area contributed by atoms with Gasteiger partial charge in [0.15, 0.2) is 8.32 Å². The van der Waals surface area contributed by atoms with Crippen LogP contribution in [0.4, 0.5) is 0 Å². The molecule has 0 rings (SSSR count). The molecule has 0 amide bonds. The lowest BCUT2D eigenvalue weighted by atomic mass is 9.95. The fraction of sp³-hybridized carbons (Fsp3) is 0.929. The van der Waals surface area contributed by atoms with Crippen LogP contribution < -0.4 is 0 Å². The van der Waals surface area contributed by atoms with Gasteiger partial charge in [-0.1, -0.05) is 34.6 Å². The van der Waals surface area contributed by atoms with Crippen LogP contribution in [0.1, 0.15) is 34.6 Å². The van der Waals surface area contributed by atoms with Crippen LogP contribution in [0.15, 0.2) is 0 Å². The lowest BCUT2D eigenvalue weighted by Crippen LogP contribution is -2.43. The Kier molecular flexibility index (Phi) is 6.75. The fourth-order valence-electron chi connectivity index (χ4n) is 1.69. The molecule has 0 aliphatic carbocycles. The van der Waals surface area contributed by atoms with E-state index in [0.717, 1.165) is 6.29 Å². The van der Waals surface area contributed by atoms with E-state index in [1.807, 2.05) is 6.92 Å². The summed E-state index contributed by atoms with van der Waals surface area (Å²) < 4.78 is 11.6. The molecule has 0 aliphatic rings. The average molecular weight is 274 g/mol. The number of carbonyl (C=O) groups excluding carboxylic acids is 1. The molecule has 0 heterocycles. The summed E-state index contributed by atoms with van der Waals surface area (Å²) in [5.74, 6) is 0.136. The van der Waals surface area contributed by atoms with E-state index in [2.05, 4.69) is 40.8 Å². The molecule has 4 heteroatoms. The molecule has 0 aromatic carbocycles. The second kappa shape index (κ2) is 6.82. The van der Waals surface area contributed by atoms with Crippen molar-refractivity contribution < 1.29 is 14.0 Å². The summed E-state index contributed by atoms with van der Waals surface area (Å²) in [5.41, 5.74) is 0. The zero-order valence-corrected chi connectivity index (χ0v) is 14.2. The van der Waals surface area contributed by atoms with Gasteiger partial charge in [0, 0.05) is 25.6 Å². The largest absolute Gasteiger partial charge is 0.416 e. The Bertz CT molecular complexity index is 258. The lowest BCUT2D eigenvalue weighted by molar-refractivity contribution is -0.116. The maximum atomic E-state index is 10.9. The molecule has 0 bridgehead atoms. The lowest BCUT2D eigenvalue weighted by Gasteiger charge is -2.38. The summed E-state index contributed by atoms with van der Waals surface area (Å²) in [6.07, 6.45) is 0.893. The third kappa shape index (κ3) is 4.82. The molecule has 108 valence electrons. The van der Waals surface area contributed by atoms with Crippen molar-refractivity contribution in [2.75, 3.05) is 13.7 Å². The van der Waals surface area contributed by atoms with Crippen molar-refractivity contribution in [3.05, 3.63) is 0 Å². The smallest absolute Gasteiger partial charge is 0.191 e. The Morgan fingerprint density at radius 2 is 1.72 bits per heavy atom. The quantitative estimate of drug-likeness (QED) is 0.526. The molecule has 0 aromatic rings. The van der Waals surface area contributed by atoms with Gasteiger partial charge in [0.25, 0.3) is 0 Å². The third-order valence-electron chi connectivity index (χ3n) is 4.08. The van der Waals surface area contributed by atoms with Gasteiger partial charge in [-0.3, -0.25) is 0 Å². The highest BCUT2D eigenvalue weighted by atomic mass is 28.4. The summed E-state index contributed by atoms with van der Waals surface area (Å²) in [5, 5.41) is 0.214. The molecule has 0 unspecified atom stereocenters. The summed E-state index contributed by atoms with van der Waals surface area (Å²) in [6, 6.07) is 0. The van der Waals surface area contributed by atoms with E-state index in [1.165, 1.54) is 0 Å². The molecule has 3 atom stereocenters. The maximum absolute atomic E-state index is 10.9. The Balaban J connectivity index is 4.49. The van der Waals surface area contributed by atoms with Gasteiger partial charge in [0.05, 0.1) is 6.10 Å². The van der Waals surface area contributed by atoms with Crippen LogP contribution in [0, 0.1) is 11.8 Å². The molecule has 0 fully saturated rings. The van der Waals surface area contributed by atoms with Crippen molar-refractivity contribution in [2.24, 2.45) is 11.8 Å². The van der Waals surface area contributed by atoms with E-state index >= 15 is 0 Å². The summed E-state index contributed by atoms with van der Waals surface area (Å²) in [7, 11) is -0.0549. The van der Waals surface area contributed by atoms with E-state index in [1.54, 1.807) is 7.11 Å². The minimum absolute atomic E-state index is 0.0627. The zero-order chi connectivity index (χ0) is 14.6. The monoisotopic (exact) mass is 274 g/mol. The third-order valence-corrected chi connectivity index (χ3v) is 8.58. The molecular weight excluding hydrogens is 244 g/mol. The average Bonchev–Trinajstić information content (AvgIpc) is 2.25. The Morgan fingerprint density at radius 3 is 2.06 bits per heavy atom. The van der Waals surface area contributed by atoms with Gasteiger partial charge in [-0.05, 0) is 18.1 Å². The Morgan fingerprint density at radius 1 is 1.22 bits per heavy atom. The first-order valence-corrected chi connectivity index (χ1v) is 9.59. The molecule has 0 N–H and O–H groups in total. The zero-order valence-electron chi connectivity index (χ0n) is 13.2. The molecule has 3 nitrogen and oxygen atoms in total. The number of rotatable bonds is 7. The van der Waals surface area contributed by atoms with Crippen LogP contribution in [-0.2, 0) is 14.0 Å². The number of hydrogen-bond donors (Lipinski definition) is 0. The molecule has 18 heavy (non-hydrogen) atoms. The highest BCUT2D eigenvalue weighted by Crippen LogP contribution is 2.37. The van der Waals surface area contributed by atoms with Gasteiger partial charge >= 0.3 is 0 Å². The van der Waals surface area contributed by atoms with E-state index in [4.69, 9.17) is 9.16 Å². The number of ether oxygens (including phenoxy) is 1. The van der Waals surface area contributed by atoms with E-state index in [-0.39, 0.29) is 23.0 Å². The van der Waals surface area contributed by atoms with Crippen molar-refractivity contribution >= 4 is 14.6 Å². The van der Waals surface area contributed by atoms with E-state index in [9.17, 15) is 4.79 Å². The van der Waals surface area contributed by atoms with Gasteiger partial charge < -0.3 is 14.0 Å². The normalized spacial score (nSPS) is 18.2. The first-order chi connectivity index (χ1) is 8.06. The first-order valence-electron chi connectivity index (χ1n) is 6.69. The number of hydrogen-bond acceptors (Lipinski definition) is 3. The summed E-state index contributed by atoms with van der Waals surface area (Å²) >= 11 is 0. The molecular formula is C14H30O3Si. The topological polar surface area (TPSA) is 35.5 Å². The minimum atomic E-state index is -1.72. The SMILES string of the molecule is CO[C@@H]([C@H](C)CO[Si](C)(C)C(C)(C)C)[C@@H](C)C=O. The maximum Gasteiger partial charge on any atom is 0.191 e. The molecule has 0 aromatic heterocycles. The molecule has 0 saturated heterocycles. The van der Waals surface area contributed by atoms with Gasteiger partial charge in [-0.15, -0.1) is 0 Å². The van der Waals surface area contributed by atoms with Crippen LogP contribution in [0.25, 0.3) is 0 Å². The summed E-state index contributed by atoms with van der Waals surface area (Å²) in [6.45, 7) is 15.8. The predicted molar refractivity (Wildman–Crippen MR) is 78.3 cm³/mol. The van der Waals surface area contributed by atoms with Crippen LogP contribution in [0.2, 0.25) is 18.1 Å². The second-order valence-corrected chi connectivity index (χ2v) is 11.6. The second-order valence-electron chi connectivity index (χ2n) is 6.74. The highest BCUT2D eigenvalue weighted by Gasteiger charge is 2.38. The fourth-order valence-corrected chi connectivity index (χ4v) is 2.81. The van der Waals surface area contributed by atoms with Crippen LogP contribution in [-0.4, -0.2) is 34.4 Å². The van der Waals surface area contributed by atoms with Crippen molar-refractivity contribution in [1.82, 2.24) is 0 Å². The molecule has 0 radical (unpaired) electrons. The summed E-state index contributed by atoms with van der Waals surface area (Å²) in [4.78, 5) is 10.9. The van der Waals surface area contributed by atoms with Gasteiger partial charge in [-0.2, -0.15) is 0 Å². The van der Waals surface area contributed by atoms with Crippen molar-refractivity contribution in [2.45, 2.75) is 58.9 Å².